The van der Waals surface area contributed by atoms with Crippen LogP contribution in [-0.2, 0) is 27.8 Å². The van der Waals surface area contributed by atoms with Crippen LogP contribution < -0.4 is 14.9 Å². The summed E-state index contributed by atoms with van der Waals surface area (Å²) in [4.78, 5) is 12.4. The van der Waals surface area contributed by atoms with Gasteiger partial charge in [0, 0.05) is 25.7 Å². The number of allylic oxidation sites excluding steroid dienone is 2. The highest BCUT2D eigenvalue weighted by Crippen LogP contribution is 2.20. The fourth-order valence-electron chi connectivity index (χ4n) is 3.84. The Labute approximate surface area is 262 Å². The molecule has 0 unspecified atom stereocenters. The van der Waals surface area contributed by atoms with E-state index >= 15 is 0 Å². The smallest absolute Gasteiger partial charge is 0.263 e. The summed E-state index contributed by atoms with van der Waals surface area (Å²) in [5.41, 5.74) is 4.44. The van der Waals surface area contributed by atoms with E-state index in [-0.39, 0.29) is 16.6 Å². The first-order valence-electron chi connectivity index (χ1n) is 14.3. The summed E-state index contributed by atoms with van der Waals surface area (Å²) in [5, 5.41) is 6.26. The van der Waals surface area contributed by atoms with E-state index in [1.54, 1.807) is 43.3 Å². The van der Waals surface area contributed by atoms with Crippen LogP contribution in [0.2, 0.25) is 0 Å². The lowest BCUT2D eigenvalue weighted by Crippen LogP contribution is -2.28. The Hall–Kier alpha value is -4.08. The molecule has 44 heavy (non-hydrogen) atoms. The quantitative estimate of drug-likeness (QED) is 0.121. The van der Waals surface area contributed by atoms with Gasteiger partial charge in [0.1, 0.15) is 5.82 Å². The number of alkyl halides is 1. The second-order valence-corrected chi connectivity index (χ2v) is 11.6. The molecule has 0 radical (unpaired) electrons. The third-order valence-corrected chi connectivity index (χ3v) is 8.09. The van der Waals surface area contributed by atoms with Crippen molar-refractivity contribution in [2.45, 2.75) is 40.2 Å². The van der Waals surface area contributed by atoms with Crippen LogP contribution in [-0.4, -0.2) is 41.6 Å². The molecule has 238 valence electrons. The normalized spacial score (nSPS) is 11.1. The maximum absolute atomic E-state index is 12.8. The molecule has 0 aliphatic rings. The Morgan fingerprint density at radius 2 is 1.59 bits per heavy atom. The largest absolute Gasteiger partial charge is 0.352 e. The number of halogens is 2. The Balaban J connectivity index is 0.000000824. The summed E-state index contributed by atoms with van der Waals surface area (Å²) in [6, 6.07) is 23.8. The Morgan fingerprint density at radius 1 is 0.932 bits per heavy atom. The van der Waals surface area contributed by atoms with Crippen molar-refractivity contribution in [3.05, 3.63) is 137 Å². The molecule has 0 saturated heterocycles. The lowest BCUT2D eigenvalue weighted by molar-refractivity contribution is -0.117. The second-order valence-electron chi connectivity index (χ2n) is 9.61. The van der Waals surface area contributed by atoms with Gasteiger partial charge in [0.05, 0.1) is 17.8 Å². The molecule has 1 amide bonds. The van der Waals surface area contributed by atoms with Gasteiger partial charge in [-0.25, -0.2) is 12.8 Å². The number of nitrogens with zero attached hydrogens (tertiary/aromatic N) is 1. The molecule has 0 aromatic heterocycles. The summed E-state index contributed by atoms with van der Waals surface area (Å²) >= 11 is 0. The molecule has 0 bridgehead atoms. The molecule has 2 N–H and O–H groups in total. The van der Waals surface area contributed by atoms with Gasteiger partial charge in [-0.2, -0.15) is 0 Å². The number of amides is 1. The van der Waals surface area contributed by atoms with Gasteiger partial charge in [0.2, 0.25) is 0 Å². The zero-order valence-electron chi connectivity index (χ0n) is 26.3. The molecule has 3 aromatic rings. The third-order valence-electron chi connectivity index (χ3n) is 6.36. The van der Waals surface area contributed by atoms with Gasteiger partial charge in [-0.05, 0) is 86.3 Å². The first-order chi connectivity index (χ1) is 21.1. The highest BCUT2D eigenvalue weighted by molar-refractivity contribution is 7.96. The summed E-state index contributed by atoms with van der Waals surface area (Å²) < 4.78 is 48.4. The minimum atomic E-state index is -3.79. The predicted molar refractivity (Wildman–Crippen MR) is 179 cm³/mol. The van der Waals surface area contributed by atoms with Crippen molar-refractivity contribution in [1.29, 1.82) is 0 Å². The van der Waals surface area contributed by atoms with Crippen molar-refractivity contribution in [2.75, 3.05) is 31.6 Å². The topological polar surface area (TPSA) is 78.5 Å². The van der Waals surface area contributed by atoms with Gasteiger partial charge in [-0.15, -0.1) is 0 Å². The number of anilines is 1. The average Bonchev–Trinajstić information content (AvgIpc) is 3.04. The summed E-state index contributed by atoms with van der Waals surface area (Å²) in [7, 11) is -1.82. The molecule has 0 spiro atoms. The van der Waals surface area contributed by atoms with Crippen molar-refractivity contribution in [3.8, 4) is 0 Å². The van der Waals surface area contributed by atoms with Gasteiger partial charge >= 0.3 is 0 Å². The fourth-order valence-corrected chi connectivity index (χ4v) is 4.83. The number of aryl methyl sites for hydroxylation is 2. The number of para-hydroxylation sites is 1. The van der Waals surface area contributed by atoms with Crippen LogP contribution in [0, 0.1) is 12.7 Å². The van der Waals surface area contributed by atoms with Crippen LogP contribution in [0.15, 0.2) is 114 Å². The minimum Gasteiger partial charge on any atom is -0.352 e. The van der Waals surface area contributed by atoms with Gasteiger partial charge in [0.15, 0.2) is 0 Å². The van der Waals surface area contributed by atoms with Crippen molar-refractivity contribution < 1.29 is 22.0 Å². The van der Waals surface area contributed by atoms with E-state index in [0.717, 1.165) is 31.5 Å². The maximum atomic E-state index is 12.8. The van der Waals surface area contributed by atoms with E-state index < -0.39 is 10.0 Å². The number of hydrogen-bond acceptors (Lipinski definition) is 4. The van der Waals surface area contributed by atoms with Crippen LogP contribution in [0.1, 0.15) is 37.0 Å². The van der Waals surface area contributed by atoms with Crippen LogP contribution in [0.4, 0.5) is 14.5 Å². The molecule has 0 fully saturated rings. The Morgan fingerprint density at radius 3 is 2.18 bits per heavy atom. The molecule has 0 heterocycles. The standard InChI is InChI=1S/C27H35N3O3S.C7H7F.CH3F/c1-5-23-12-10-13-24(20-23)21-28-18-11-19-29-27(31)25(6-2)17-16-22(3)34(32,33)30(4)26-14-8-7-9-15-26;1-6-3-2-4-7(8)5-6;1-2/h6-10,12-17,20,28H,3,5,11,18-19,21H2,1-2,4H3,(H,29,31);2-5H,1H3;1H3/b17-16-,25-6+;;. The first-order valence-corrected chi connectivity index (χ1v) is 15.8. The van der Waals surface area contributed by atoms with Crippen LogP contribution >= 0.6 is 0 Å². The Kier molecular flexibility index (Phi) is 17.9. The number of benzene rings is 3. The number of carbonyl (C=O) groups excluding carboxylic acids is 1. The van der Waals surface area contributed by atoms with Crippen molar-refractivity contribution >= 4 is 21.6 Å². The molecule has 0 aliphatic carbocycles. The lowest BCUT2D eigenvalue weighted by Gasteiger charge is -2.19. The fraction of sp³-hybridized carbons (Fsp3) is 0.286. The first kappa shape index (κ1) is 37.9. The van der Waals surface area contributed by atoms with Gasteiger partial charge in [0.25, 0.3) is 15.9 Å². The van der Waals surface area contributed by atoms with Crippen LogP contribution in [0.5, 0.6) is 0 Å². The zero-order valence-corrected chi connectivity index (χ0v) is 27.1. The average molecular weight is 626 g/mol. The molecule has 0 aliphatic heterocycles. The monoisotopic (exact) mass is 625 g/mol. The number of nitrogens with one attached hydrogen (secondary N) is 2. The van der Waals surface area contributed by atoms with E-state index in [1.165, 1.54) is 46.8 Å². The minimum absolute atomic E-state index is 0.0951. The molecule has 0 saturated carbocycles. The van der Waals surface area contributed by atoms with Crippen molar-refractivity contribution in [2.24, 2.45) is 0 Å². The summed E-state index contributed by atoms with van der Waals surface area (Å²) in [5.74, 6) is -0.416. The lowest BCUT2D eigenvalue weighted by atomic mass is 10.1. The van der Waals surface area contributed by atoms with Crippen LogP contribution in [0.3, 0.4) is 0 Å². The highest BCUT2D eigenvalue weighted by atomic mass is 32.2. The summed E-state index contributed by atoms with van der Waals surface area (Å²) in [6.45, 7) is 11.5. The van der Waals surface area contributed by atoms with E-state index in [4.69, 9.17) is 0 Å². The summed E-state index contributed by atoms with van der Waals surface area (Å²) in [6.07, 6.45) is 6.28. The SMILES string of the molecule is C=C(/C=C\C(=C/C)C(=O)NCCCNCc1cccc(CC)c1)S(=O)(=O)N(C)c1ccccc1.CF.Cc1cccc(F)c1. The molecule has 6 nitrogen and oxygen atoms in total. The third kappa shape index (κ3) is 13.5. The van der Waals surface area contributed by atoms with E-state index in [9.17, 15) is 22.0 Å². The van der Waals surface area contributed by atoms with E-state index in [2.05, 4.69) is 48.4 Å². The number of rotatable bonds is 13. The number of sulfonamides is 1. The van der Waals surface area contributed by atoms with Crippen molar-refractivity contribution in [3.63, 3.8) is 0 Å². The van der Waals surface area contributed by atoms with E-state index in [0.29, 0.717) is 25.0 Å². The molecule has 3 rings (SSSR count). The number of hydrogen-bond donors (Lipinski definition) is 2. The molecule has 9 heteroatoms. The highest BCUT2D eigenvalue weighted by Gasteiger charge is 2.20. The second kappa shape index (κ2) is 20.8. The Bertz CT molecular complexity index is 1460. The van der Waals surface area contributed by atoms with Gasteiger partial charge < -0.3 is 10.6 Å². The van der Waals surface area contributed by atoms with Crippen molar-refractivity contribution in [1.82, 2.24) is 10.6 Å². The van der Waals surface area contributed by atoms with Gasteiger partial charge in [-0.1, -0.05) is 74.2 Å². The predicted octanol–water partition coefficient (Wildman–Crippen LogP) is 7.05. The zero-order chi connectivity index (χ0) is 33.0. The molecule has 0 atom stereocenters. The van der Waals surface area contributed by atoms with E-state index in [1.807, 2.05) is 19.1 Å². The van der Waals surface area contributed by atoms with Crippen LogP contribution in [0.25, 0.3) is 0 Å². The molecular formula is C35H45F2N3O3S. The molecule has 3 aromatic carbocycles. The molecular weight excluding hydrogens is 580 g/mol. The number of carbonyl (C=O) groups is 1. The van der Waals surface area contributed by atoms with Gasteiger partial charge in [-0.3, -0.25) is 13.5 Å². The maximum Gasteiger partial charge on any atom is 0.263 e.